The summed E-state index contributed by atoms with van der Waals surface area (Å²) in [4.78, 5) is 27.1. The van der Waals surface area contributed by atoms with Crippen LogP contribution in [0, 0.1) is 0 Å². The van der Waals surface area contributed by atoms with Crippen LogP contribution in [-0.2, 0) is 10.7 Å². The van der Waals surface area contributed by atoms with Crippen LogP contribution in [0.25, 0.3) is 0 Å². The molecule has 0 aliphatic rings. The molecule has 0 aliphatic heterocycles. The third-order valence-corrected chi connectivity index (χ3v) is 3.58. The topological polar surface area (TPSA) is 71.1 Å². The second-order valence-corrected chi connectivity index (χ2v) is 5.23. The molecule has 0 saturated heterocycles. The largest absolute Gasteiger partial charge is 0.366 e. The highest BCUT2D eigenvalue weighted by atomic mass is 32.1. The minimum Gasteiger partial charge on any atom is -0.350 e. The smallest absolute Gasteiger partial charge is 0.350 e. The molecule has 0 aromatic carbocycles. The molecule has 0 radical (unpaired) electrons. The van der Waals surface area contributed by atoms with Crippen molar-refractivity contribution in [2.75, 3.05) is 13.1 Å². The number of nitrogens with one attached hydrogen (secondary N) is 2. The van der Waals surface area contributed by atoms with Crippen molar-refractivity contribution in [2.45, 2.75) is 5.92 Å². The van der Waals surface area contributed by atoms with Gasteiger partial charge in [0.25, 0.3) is 11.8 Å². The van der Waals surface area contributed by atoms with Crippen molar-refractivity contribution in [1.29, 1.82) is 0 Å². The fourth-order valence-electron chi connectivity index (χ4n) is 1.62. The Kier molecular flexibility index (Phi) is 5.16. The number of alkyl halides is 2. The summed E-state index contributed by atoms with van der Waals surface area (Å²) in [7, 11) is 0. The quantitative estimate of drug-likeness (QED) is 0.795. The highest BCUT2D eigenvalue weighted by molar-refractivity contribution is 7.12. The van der Waals surface area contributed by atoms with Gasteiger partial charge in [0, 0.05) is 19.3 Å². The number of nitrogens with zero attached hydrogens (tertiary/aromatic N) is 1. The van der Waals surface area contributed by atoms with Crippen LogP contribution in [0.1, 0.15) is 15.4 Å². The fourth-order valence-corrected chi connectivity index (χ4v) is 2.26. The predicted octanol–water partition coefficient (Wildman–Crippen LogP) is 1.78. The summed E-state index contributed by atoms with van der Waals surface area (Å²) >= 11 is 1.27. The summed E-state index contributed by atoms with van der Waals surface area (Å²) in [6, 6.07) is 7.32. The molecule has 2 amide bonds. The van der Waals surface area contributed by atoms with Crippen LogP contribution >= 0.6 is 11.3 Å². The van der Waals surface area contributed by atoms with Crippen molar-refractivity contribution in [3.8, 4) is 0 Å². The van der Waals surface area contributed by atoms with Gasteiger partial charge in [-0.3, -0.25) is 14.6 Å². The molecular formula is C14H13F2N3O2S. The highest BCUT2D eigenvalue weighted by Crippen LogP contribution is 2.25. The van der Waals surface area contributed by atoms with E-state index in [1.807, 2.05) is 0 Å². The average molecular weight is 325 g/mol. The van der Waals surface area contributed by atoms with Gasteiger partial charge in [-0.2, -0.15) is 8.78 Å². The highest BCUT2D eigenvalue weighted by Gasteiger charge is 2.41. The minimum absolute atomic E-state index is 0.0563. The number of carbonyl (C=O) groups excluding carboxylic acids is 2. The number of amides is 2. The Morgan fingerprint density at radius 1 is 1.14 bits per heavy atom. The normalized spacial score (nSPS) is 11.0. The maximum atomic E-state index is 13.8. The van der Waals surface area contributed by atoms with E-state index >= 15 is 0 Å². The van der Waals surface area contributed by atoms with Crippen molar-refractivity contribution in [2.24, 2.45) is 0 Å². The van der Waals surface area contributed by atoms with Crippen LogP contribution in [0.15, 0.2) is 41.9 Å². The Morgan fingerprint density at radius 2 is 1.91 bits per heavy atom. The van der Waals surface area contributed by atoms with E-state index in [9.17, 15) is 18.4 Å². The van der Waals surface area contributed by atoms with Gasteiger partial charge < -0.3 is 10.6 Å². The Bertz CT molecular complexity index is 633. The van der Waals surface area contributed by atoms with Gasteiger partial charge in [-0.1, -0.05) is 12.1 Å². The van der Waals surface area contributed by atoms with Gasteiger partial charge in [-0.15, -0.1) is 11.3 Å². The molecule has 0 bridgehead atoms. The molecule has 0 spiro atoms. The lowest BCUT2D eigenvalue weighted by Crippen LogP contribution is -2.42. The molecule has 22 heavy (non-hydrogen) atoms. The Hall–Kier alpha value is -2.35. The molecule has 5 nitrogen and oxygen atoms in total. The first-order valence-electron chi connectivity index (χ1n) is 6.41. The van der Waals surface area contributed by atoms with E-state index in [1.165, 1.54) is 29.7 Å². The molecule has 2 rings (SSSR count). The van der Waals surface area contributed by atoms with Crippen LogP contribution in [0.5, 0.6) is 0 Å². The molecule has 2 aromatic heterocycles. The number of aromatic nitrogens is 1. The zero-order chi connectivity index (χ0) is 16.0. The molecule has 116 valence electrons. The first kappa shape index (κ1) is 16.0. The van der Waals surface area contributed by atoms with Crippen LogP contribution in [-0.4, -0.2) is 29.9 Å². The Balaban J connectivity index is 1.79. The molecule has 0 saturated carbocycles. The van der Waals surface area contributed by atoms with Crippen molar-refractivity contribution in [3.05, 3.63) is 52.5 Å². The Labute approximate surface area is 129 Å². The first-order valence-corrected chi connectivity index (χ1v) is 7.29. The lowest BCUT2D eigenvalue weighted by atomic mass is 10.2. The lowest BCUT2D eigenvalue weighted by molar-refractivity contribution is -0.147. The van der Waals surface area contributed by atoms with Gasteiger partial charge in [0.15, 0.2) is 0 Å². The number of pyridine rings is 1. The number of carbonyl (C=O) groups is 2. The maximum Gasteiger partial charge on any atom is 0.366 e. The summed E-state index contributed by atoms with van der Waals surface area (Å²) in [6.07, 6.45) is 1.19. The van der Waals surface area contributed by atoms with Crippen LogP contribution in [0.2, 0.25) is 0 Å². The third kappa shape index (κ3) is 3.85. The van der Waals surface area contributed by atoms with Gasteiger partial charge >= 0.3 is 5.92 Å². The fraction of sp³-hybridized carbons (Fsp3) is 0.214. The first-order chi connectivity index (χ1) is 10.5. The number of hydrogen-bond donors (Lipinski definition) is 2. The standard InChI is InChI=1S/C14H13F2N3O2S/c15-14(16,11-5-1-2-6-17-11)13(21)19-8-7-18-12(20)10-4-3-9-22-10/h1-6,9H,7-8H2,(H,18,20)(H,19,21). The monoisotopic (exact) mass is 325 g/mol. The molecular weight excluding hydrogens is 312 g/mol. The summed E-state index contributed by atoms with van der Waals surface area (Å²) in [5.74, 6) is -5.46. The van der Waals surface area contributed by atoms with Crippen LogP contribution < -0.4 is 10.6 Å². The van der Waals surface area contributed by atoms with Crippen LogP contribution in [0.4, 0.5) is 8.78 Å². The second kappa shape index (κ2) is 7.08. The van der Waals surface area contributed by atoms with E-state index in [1.54, 1.807) is 17.5 Å². The van der Waals surface area contributed by atoms with E-state index < -0.39 is 17.5 Å². The average Bonchev–Trinajstić information content (AvgIpc) is 3.06. The van der Waals surface area contributed by atoms with Crippen molar-refractivity contribution >= 4 is 23.2 Å². The molecule has 0 unspecified atom stereocenters. The van der Waals surface area contributed by atoms with E-state index in [2.05, 4.69) is 15.6 Å². The molecule has 0 aliphatic carbocycles. The minimum atomic E-state index is -3.71. The Morgan fingerprint density at radius 3 is 2.55 bits per heavy atom. The second-order valence-electron chi connectivity index (χ2n) is 4.28. The SMILES string of the molecule is O=C(NCCNC(=O)C(F)(F)c1ccccn1)c1cccs1. The zero-order valence-corrected chi connectivity index (χ0v) is 12.2. The maximum absolute atomic E-state index is 13.8. The molecule has 8 heteroatoms. The van der Waals surface area contributed by atoms with E-state index in [-0.39, 0.29) is 19.0 Å². The summed E-state index contributed by atoms with van der Waals surface area (Å²) in [5.41, 5.74) is -0.616. The van der Waals surface area contributed by atoms with E-state index in [0.717, 1.165) is 6.07 Å². The van der Waals surface area contributed by atoms with Gasteiger partial charge in [0.1, 0.15) is 5.69 Å². The van der Waals surface area contributed by atoms with Gasteiger partial charge in [-0.25, -0.2) is 0 Å². The lowest BCUT2D eigenvalue weighted by Gasteiger charge is -2.15. The molecule has 2 N–H and O–H groups in total. The van der Waals surface area contributed by atoms with Gasteiger partial charge in [-0.05, 0) is 23.6 Å². The third-order valence-electron chi connectivity index (χ3n) is 2.71. The summed E-state index contributed by atoms with van der Waals surface area (Å²) in [5, 5.41) is 6.36. The number of halogens is 2. The van der Waals surface area contributed by atoms with Crippen LogP contribution in [0.3, 0.4) is 0 Å². The molecule has 2 aromatic rings. The zero-order valence-electron chi connectivity index (χ0n) is 11.4. The van der Waals surface area contributed by atoms with Gasteiger partial charge in [0.05, 0.1) is 4.88 Å². The summed E-state index contributed by atoms with van der Waals surface area (Å²) < 4.78 is 27.6. The van der Waals surface area contributed by atoms with E-state index in [4.69, 9.17) is 0 Å². The molecule has 0 fully saturated rings. The molecule has 2 heterocycles. The van der Waals surface area contributed by atoms with Gasteiger partial charge in [0.2, 0.25) is 0 Å². The van der Waals surface area contributed by atoms with E-state index in [0.29, 0.717) is 4.88 Å². The number of hydrogen-bond acceptors (Lipinski definition) is 4. The summed E-state index contributed by atoms with van der Waals surface area (Å²) in [6.45, 7) is -0.0425. The number of rotatable bonds is 6. The predicted molar refractivity (Wildman–Crippen MR) is 77.8 cm³/mol. The van der Waals surface area contributed by atoms with Crippen molar-refractivity contribution < 1.29 is 18.4 Å². The molecule has 0 atom stereocenters. The number of thiophene rings is 1. The van der Waals surface area contributed by atoms with Crippen molar-refractivity contribution in [1.82, 2.24) is 15.6 Å². The van der Waals surface area contributed by atoms with Crippen molar-refractivity contribution in [3.63, 3.8) is 0 Å².